The van der Waals surface area contributed by atoms with E-state index in [1.165, 1.54) is 11.3 Å². The Morgan fingerprint density at radius 1 is 1.33 bits per heavy atom. The van der Waals surface area contributed by atoms with Crippen LogP contribution in [0.1, 0.15) is 33.1 Å². The van der Waals surface area contributed by atoms with Gasteiger partial charge >= 0.3 is 0 Å². The van der Waals surface area contributed by atoms with E-state index in [0.29, 0.717) is 0 Å². The Labute approximate surface area is 111 Å². The zero-order chi connectivity index (χ0) is 13.0. The average molecular weight is 255 g/mol. The first-order valence-corrected chi connectivity index (χ1v) is 6.61. The summed E-state index contributed by atoms with van der Waals surface area (Å²) in [6.45, 7) is 2.00. The van der Waals surface area contributed by atoms with E-state index in [1.807, 2.05) is 42.6 Å². The van der Waals surface area contributed by atoms with Gasteiger partial charge in [-0.1, -0.05) is 35.9 Å². The molecule has 0 aliphatic heterocycles. The summed E-state index contributed by atoms with van der Waals surface area (Å²) in [5.41, 5.74) is 2.06. The summed E-state index contributed by atoms with van der Waals surface area (Å²) in [7, 11) is 0. The van der Waals surface area contributed by atoms with Crippen LogP contribution in [0.4, 0.5) is 0 Å². The standard InChI is InChI=1S/C15H13NOS/c1-11-4-6-12(7-5-11)13(10-16)9-14(17)15-3-2-8-18-15/h2-8,13H,9H2,1H3. The first-order valence-electron chi connectivity index (χ1n) is 5.73. The van der Waals surface area contributed by atoms with Crippen molar-refractivity contribution in [2.24, 2.45) is 0 Å². The lowest BCUT2D eigenvalue weighted by Gasteiger charge is -2.08. The lowest BCUT2D eigenvalue weighted by molar-refractivity contribution is 0.0983. The summed E-state index contributed by atoms with van der Waals surface area (Å²) in [6, 6.07) is 13.6. The summed E-state index contributed by atoms with van der Waals surface area (Å²) >= 11 is 1.42. The maximum Gasteiger partial charge on any atom is 0.174 e. The fraction of sp³-hybridized carbons (Fsp3) is 0.200. The molecule has 2 aromatic rings. The van der Waals surface area contributed by atoms with Gasteiger partial charge < -0.3 is 0 Å². The lowest BCUT2D eigenvalue weighted by atomic mass is 9.94. The van der Waals surface area contributed by atoms with Crippen molar-refractivity contribution < 1.29 is 4.79 Å². The zero-order valence-electron chi connectivity index (χ0n) is 10.1. The van der Waals surface area contributed by atoms with Gasteiger partial charge in [0.15, 0.2) is 5.78 Å². The van der Waals surface area contributed by atoms with Crippen molar-refractivity contribution in [2.45, 2.75) is 19.3 Å². The molecule has 1 aromatic heterocycles. The molecule has 0 aliphatic rings. The Morgan fingerprint density at radius 3 is 2.61 bits per heavy atom. The zero-order valence-corrected chi connectivity index (χ0v) is 10.9. The molecule has 0 fully saturated rings. The molecular weight excluding hydrogens is 242 g/mol. The second-order valence-corrected chi connectivity index (χ2v) is 5.14. The summed E-state index contributed by atoms with van der Waals surface area (Å²) in [5.74, 6) is -0.322. The van der Waals surface area contributed by atoms with E-state index in [4.69, 9.17) is 0 Å². The SMILES string of the molecule is Cc1ccc(C(C#N)CC(=O)c2cccs2)cc1. The van der Waals surface area contributed by atoms with Crippen molar-refractivity contribution >= 4 is 17.1 Å². The summed E-state index contributed by atoms with van der Waals surface area (Å²) < 4.78 is 0. The molecule has 0 aliphatic carbocycles. The number of benzene rings is 1. The van der Waals surface area contributed by atoms with Crippen molar-refractivity contribution in [1.29, 1.82) is 5.26 Å². The van der Waals surface area contributed by atoms with Crippen LogP contribution in [-0.2, 0) is 0 Å². The smallest absolute Gasteiger partial charge is 0.174 e. The lowest BCUT2D eigenvalue weighted by Crippen LogP contribution is -2.04. The summed E-state index contributed by atoms with van der Waals surface area (Å²) in [4.78, 5) is 12.7. The van der Waals surface area contributed by atoms with E-state index in [-0.39, 0.29) is 18.1 Å². The van der Waals surface area contributed by atoms with Gasteiger partial charge in [-0.2, -0.15) is 5.26 Å². The number of Topliss-reactive ketones (excluding diaryl/α,β-unsaturated/α-hetero) is 1. The van der Waals surface area contributed by atoms with Gasteiger partial charge in [0.25, 0.3) is 0 Å². The predicted octanol–water partition coefficient (Wildman–Crippen LogP) is 3.94. The Bertz CT molecular complexity index is 564. The third-order valence-electron chi connectivity index (χ3n) is 2.82. The van der Waals surface area contributed by atoms with Gasteiger partial charge in [0.05, 0.1) is 16.9 Å². The molecule has 90 valence electrons. The van der Waals surface area contributed by atoms with Crippen molar-refractivity contribution in [3.63, 3.8) is 0 Å². The Kier molecular flexibility index (Phi) is 3.91. The van der Waals surface area contributed by atoms with Crippen LogP contribution in [0.25, 0.3) is 0 Å². The van der Waals surface area contributed by atoms with Gasteiger partial charge in [-0.05, 0) is 23.9 Å². The van der Waals surface area contributed by atoms with Gasteiger partial charge in [-0.3, -0.25) is 4.79 Å². The first kappa shape index (κ1) is 12.5. The minimum atomic E-state index is -0.361. The number of nitriles is 1. The molecule has 0 saturated heterocycles. The summed E-state index contributed by atoms with van der Waals surface area (Å²) in [5, 5.41) is 11.1. The van der Waals surface area contributed by atoms with Gasteiger partial charge in [-0.25, -0.2) is 0 Å². The molecular formula is C15H13NOS. The monoisotopic (exact) mass is 255 g/mol. The molecule has 2 nitrogen and oxygen atoms in total. The molecule has 3 heteroatoms. The number of hydrogen-bond donors (Lipinski definition) is 0. The highest BCUT2D eigenvalue weighted by atomic mass is 32.1. The third kappa shape index (κ3) is 2.85. The maximum atomic E-state index is 12.0. The van der Waals surface area contributed by atoms with E-state index in [9.17, 15) is 10.1 Å². The Balaban J connectivity index is 2.13. The normalized spacial score (nSPS) is 11.8. The van der Waals surface area contributed by atoms with Crippen molar-refractivity contribution in [1.82, 2.24) is 0 Å². The van der Waals surface area contributed by atoms with Crippen LogP contribution in [0.2, 0.25) is 0 Å². The van der Waals surface area contributed by atoms with Crippen molar-refractivity contribution in [3.05, 3.63) is 57.8 Å². The molecule has 18 heavy (non-hydrogen) atoms. The second-order valence-electron chi connectivity index (χ2n) is 4.20. The maximum absolute atomic E-state index is 12.0. The van der Waals surface area contributed by atoms with Gasteiger partial charge in [0.1, 0.15) is 0 Å². The van der Waals surface area contributed by atoms with Crippen LogP contribution >= 0.6 is 11.3 Å². The van der Waals surface area contributed by atoms with Crippen LogP contribution in [-0.4, -0.2) is 5.78 Å². The average Bonchev–Trinajstić information content (AvgIpc) is 2.91. The van der Waals surface area contributed by atoms with Crippen LogP contribution in [0, 0.1) is 18.3 Å². The highest BCUT2D eigenvalue weighted by Crippen LogP contribution is 2.23. The third-order valence-corrected chi connectivity index (χ3v) is 3.73. The molecule has 1 atom stereocenters. The van der Waals surface area contributed by atoms with E-state index in [1.54, 1.807) is 6.07 Å². The van der Waals surface area contributed by atoms with E-state index in [0.717, 1.165) is 16.0 Å². The Morgan fingerprint density at radius 2 is 2.06 bits per heavy atom. The molecule has 1 aromatic carbocycles. The van der Waals surface area contributed by atoms with Gasteiger partial charge in [0.2, 0.25) is 0 Å². The van der Waals surface area contributed by atoms with Crippen molar-refractivity contribution in [2.75, 3.05) is 0 Å². The highest BCUT2D eigenvalue weighted by Gasteiger charge is 2.17. The number of aryl methyl sites for hydroxylation is 1. The molecule has 0 bridgehead atoms. The second kappa shape index (κ2) is 5.61. The number of hydrogen-bond acceptors (Lipinski definition) is 3. The molecule has 1 unspecified atom stereocenters. The number of rotatable bonds is 4. The molecule has 0 radical (unpaired) electrons. The fourth-order valence-electron chi connectivity index (χ4n) is 1.76. The largest absolute Gasteiger partial charge is 0.293 e. The van der Waals surface area contributed by atoms with Gasteiger partial charge in [-0.15, -0.1) is 11.3 Å². The number of carbonyl (C=O) groups is 1. The molecule has 0 saturated carbocycles. The van der Waals surface area contributed by atoms with Gasteiger partial charge in [0, 0.05) is 6.42 Å². The van der Waals surface area contributed by atoms with Crippen molar-refractivity contribution in [3.8, 4) is 6.07 Å². The van der Waals surface area contributed by atoms with Crippen LogP contribution in [0.3, 0.4) is 0 Å². The Hall–Kier alpha value is -1.92. The van der Waals surface area contributed by atoms with E-state index >= 15 is 0 Å². The fourth-order valence-corrected chi connectivity index (χ4v) is 2.44. The molecule has 2 rings (SSSR count). The molecule has 0 amide bonds. The predicted molar refractivity (Wildman–Crippen MR) is 72.8 cm³/mol. The summed E-state index contributed by atoms with van der Waals surface area (Å²) in [6.07, 6.45) is 0.250. The number of nitrogens with zero attached hydrogens (tertiary/aromatic N) is 1. The van der Waals surface area contributed by atoms with E-state index in [2.05, 4.69) is 6.07 Å². The number of ketones is 1. The topological polar surface area (TPSA) is 40.9 Å². The number of thiophene rings is 1. The highest BCUT2D eigenvalue weighted by molar-refractivity contribution is 7.12. The quantitative estimate of drug-likeness (QED) is 0.776. The molecule has 0 N–H and O–H groups in total. The van der Waals surface area contributed by atoms with Crippen LogP contribution in [0.5, 0.6) is 0 Å². The minimum Gasteiger partial charge on any atom is -0.293 e. The number of carbonyl (C=O) groups excluding carboxylic acids is 1. The van der Waals surface area contributed by atoms with Crippen LogP contribution in [0.15, 0.2) is 41.8 Å². The minimum absolute atomic E-state index is 0.0390. The molecule has 1 heterocycles. The molecule has 0 spiro atoms. The van der Waals surface area contributed by atoms with E-state index < -0.39 is 0 Å². The van der Waals surface area contributed by atoms with Crippen LogP contribution < -0.4 is 0 Å². The first-order chi connectivity index (χ1) is 8.70.